The van der Waals surface area contributed by atoms with Crippen LogP contribution >= 0.6 is 0 Å². The number of amides is 1. The summed E-state index contributed by atoms with van der Waals surface area (Å²) in [5.74, 6) is 0.780. The van der Waals surface area contributed by atoms with Gasteiger partial charge in [0.15, 0.2) is 16.9 Å². The molecule has 6 nitrogen and oxygen atoms in total. The summed E-state index contributed by atoms with van der Waals surface area (Å²) < 4.78 is 17.8. The Morgan fingerprint density at radius 3 is 2.36 bits per heavy atom. The molecule has 1 aromatic heterocycles. The highest BCUT2D eigenvalue weighted by Crippen LogP contribution is 2.43. The van der Waals surface area contributed by atoms with Crippen LogP contribution < -0.4 is 19.8 Å². The topological polar surface area (TPSA) is 69.0 Å². The van der Waals surface area contributed by atoms with E-state index in [1.54, 1.807) is 36.3 Å². The Balaban J connectivity index is 1.49. The first kappa shape index (κ1) is 24.5. The van der Waals surface area contributed by atoms with Crippen molar-refractivity contribution in [2.24, 2.45) is 0 Å². The highest BCUT2D eigenvalue weighted by Gasteiger charge is 2.44. The molecule has 2 heterocycles. The summed E-state index contributed by atoms with van der Waals surface area (Å²) in [6.45, 7) is 4.40. The molecule has 4 aromatic carbocycles. The second-order valence-corrected chi connectivity index (χ2v) is 9.70. The Hall–Kier alpha value is -4.84. The van der Waals surface area contributed by atoms with Gasteiger partial charge < -0.3 is 13.9 Å². The van der Waals surface area contributed by atoms with E-state index in [-0.39, 0.29) is 17.1 Å². The number of nitrogens with zero attached hydrogens (tertiary/aromatic N) is 1. The molecule has 1 atom stereocenters. The van der Waals surface area contributed by atoms with Crippen LogP contribution in [-0.2, 0) is 6.61 Å². The average Bonchev–Trinajstić information content (AvgIpc) is 3.26. The van der Waals surface area contributed by atoms with Crippen LogP contribution in [0, 0.1) is 13.8 Å². The summed E-state index contributed by atoms with van der Waals surface area (Å²) in [7, 11) is 1.57. The fraction of sp³-hybridized carbons (Fsp3) is 0.152. The van der Waals surface area contributed by atoms with Gasteiger partial charge in [0.2, 0.25) is 5.76 Å². The van der Waals surface area contributed by atoms with Crippen LogP contribution in [0.15, 0.2) is 100 Å². The molecule has 1 aliphatic heterocycles. The maximum Gasteiger partial charge on any atom is 0.295 e. The summed E-state index contributed by atoms with van der Waals surface area (Å²) in [5.41, 5.74) is 5.07. The van der Waals surface area contributed by atoms with Crippen molar-refractivity contribution in [2.75, 3.05) is 12.0 Å². The fourth-order valence-corrected chi connectivity index (χ4v) is 5.09. The molecule has 0 bridgehead atoms. The van der Waals surface area contributed by atoms with Crippen molar-refractivity contribution in [3.63, 3.8) is 0 Å². The number of aryl methyl sites for hydroxylation is 2. The Kier molecular flexibility index (Phi) is 6.15. The summed E-state index contributed by atoms with van der Waals surface area (Å²) >= 11 is 0. The van der Waals surface area contributed by atoms with E-state index in [1.807, 2.05) is 80.6 Å². The van der Waals surface area contributed by atoms with Gasteiger partial charge in [-0.2, -0.15) is 0 Å². The lowest BCUT2D eigenvalue weighted by atomic mass is 9.97. The van der Waals surface area contributed by atoms with E-state index in [0.717, 1.165) is 16.7 Å². The maximum atomic E-state index is 13.9. The monoisotopic (exact) mass is 517 g/mol. The number of methoxy groups -OCH3 is 1. The smallest absolute Gasteiger partial charge is 0.295 e. The SMILES string of the molecule is COc1cc(C2c3c(oc4ccccc4c3=O)C(=O)N2c2ccc(C)c(C)c2)ccc1OCc1ccccc1. The second-order valence-electron chi connectivity index (χ2n) is 9.70. The predicted octanol–water partition coefficient (Wildman–Crippen LogP) is 6.75. The highest BCUT2D eigenvalue weighted by atomic mass is 16.5. The number of rotatable bonds is 6. The van der Waals surface area contributed by atoms with Crippen molar-refractivity contribution >= 4 is 22.6 Å². The third-order valence-electron chi connectivity index (χ3n) is 7.29. The van der Waals surface area contributed by atoms with Gasteiger partial charge in [0, 0.05) is 5.69 Å². The summed E-state index contributed by atoms with van der Waals surface area (Å²) in [4.78, 5) is 29.4. The van der Waals surface area contributed by atoms with Gasteiger partial charge in [-0.15, -0.1) is 0 Å². The van der Waals surface area contributed by atoms with Crippen molar-refractivity contribution < 1.29 is 18.7 Å². The molecule has 6 rings (SSSR count). The van der Waals surface area contributed by atoms with Crippen LogP contribution in [0.2, 0.25) is 0 Å². The van der Waals surface area contributed by atoms with Crippen LogP contribution in [0.1, 0.15) is 44.4 Å². The standard InChI is InChI=1S/C33H27NO5/c1-20-13-15-24(17-21(20)2)34-30(29-31(35)25-11-7-8-12-26(25)39-32(29)33(34)36)23-14-16-27(28(18-23)37-3)38-19-22-9-5-4-6-10-22/h4-18,30H,19H2,1-3H3. The molecule has 1 amide bonds. The van der Waals surface area contributed by atoms with Gasteiger partial charge in [0.05, 0.1) is 24.1 Å². The summed E-state index contributed by atoms with van der Waals surface area (Å²) in [6, 6.07) is 27.5. The molecule has 0 spiro atoms. The van der Waals surface area contributed by atoms with Gasteiger partial charge in [-0.1, -0.05) is 54.6 Å². The number of carbonyl (C=O) groups is 1. The number of anilines is 1. The summed E-state index contributed by atoms with van der Waals surface area (Å²) in [5, 5.41) is 0.436. The van der Waals surface area contributed by atoms with Crippen LogP contribution in [-0.4, -0.2) is 13.0 Å². The molecular weight excluding hydrogens is 490 g/mol. The van der Waals surface area contributed by atoms with Crippen LogP contribution in [0.5, 0.6) is 11.5 Å². The van der Waals surface area contributed by atoms with Crippen molar-refractivity contribution in [1.82, 2.24) is 0 Å². The molecule has 0 N–H and O–H groups in total. The number of carbonyl (C=O) groups excluding carboxylic acids is 1. The molecule has 0 saturated heterocycles. The molecule has 0 aliphatic carbocycles. The van der Waals surface area contributed by atoms with E-state index >= 15 is 0 Å². The van der Waals surface area contributed by atoms with Crippen molar-refractivity contribution in [2.45, 2.75) is 26.5 Å². The van der Waals surface area contributed by atoms with Gasteiger partial charge in [-0.25, -0.2) is 0 Å². The normalized spacial score (nSPS) is 14.5. The molecular formula is C33H27NO5. The number of fused-ring (bicyclic) bond motifs is 2. The number of benzene rings is 4. The van der Waals surface area contributed by atoms with Crippen molar-refractivity contribution in [3.05, 3.63) is 135 Å². The minimum Gasteiger partial charge on any atom is -0.493 e. The molecule has 0 fully saturated rings. The van der Waals surface area contributed by atoms with Crippen molar-refractivity contribution in [3.8, 4) is 11.5 Å². The van der Waals surface area contributed by atoms with E-state index in [1.165, 1.54) is 0 Å². The largest absolute Gasteiger partial charge is 0.493 e. The quantitative estimate of drug-likeness (QED) is 0.249. The minimum absolute atomic E-state index is 0.0605. The molecule has 0 radical (unpaired) electrons. The second kappa shape index (κ2) is 9.80. The van der Waals surface area contributed by atoms with E-state index < -0.39 is 6.04 Å². The number of para-hydroxylation sites is 1. The fourth-order valence-electron chi connectivity index (χ4n) is 5.09. The van der Waals surface area contributed by atoms with E-state index in [0.29, 0.717) is 45.9 Å². The molecule has 6 heteroatoms. The molecule has 1 aliphatic rings. The highest BCUT2D eigenvalue weighted by molar-refractivity contribution is 6.10. The third kappa shape index (κ3) is 4.24. The van der Waals surface area contributed by atoms with Gasteiger partial charge in [0.25, 0.3) is 5.91 Å². The first-order valence-electron chi connectivity index (χ1n) is 12.8. The van der Waals surface area contributed by atoms with Gasteiger partial charge in [0.1, 0.15) is 12.2 Å². The van der Waals surface area contributed by atoms with Gasteiger partial charge in [-0.05, 0) is 72.5 Å². The number of ether oxygens (including phenoxy) is 2. The van der Waals surface area contributed by atoms with Crippen LogP contribution in [0.4, 0.5) is 5.69 Å². The average molecular weight is 518 g/mol. The zero-order valence-electron chi connectivity index (χ0n) is 21.9. The van der Waals surface area contributed by atoms with Crippen LogP contribution in [0.3, 0.4) is 0 Å². The Morgan fingerprint density at radius 1 is 0.821 bits per heavy atom. The number of hydrogen-bond donors (Lipinski definition) is 0. The van der Waals surface area contributed by atoms with E-state index in [4.69, 9.17) is 13.9 Å². The molecule has 5 aromatic rings. The Bertz CT molecular complexity index is 1770. The number of hydrogen-bond acceptors (Lipinski definition) is 5. The Labute approximate surface area is 226 Å². The minimum atomic E-state index is -0.701. The molecule has 194 valence electrons. The van der Waals surface area contributed by atoms with E-state index in [2.05, 4.69) is 0 Å². The lowest BCUT2D eigenvalue weighted by Crippen LogP contribution is -2.29. The van der Waals surface area contributed by atoms with Crippen LogP contribution in [0.25, 0.3) is 11.0 Å². The summed E-state index contributed by atoms with van der Waals surface area (Å²) in [6.07, 6.45) is 0. The van der Waals surface area contributed by atoms with E-state index in [9.17, 15) is 9.59 Å². The first-order chi connectivity index (χ1) is 19.0. The lowest BCUT2D eigenvalue weighted by Gasteiger charge is -2.26. The molecule has 0 saturated carbocycles. The lowest BCUT2D eigenvalue weighted by molar-refractivity contribution is 0.0971. The molecule has 39 heavy (non-hydrogen) atoms. The van der Waals surface area contributed by atoms with Gasteiger partial charge >= 0.3 is 0 Å². The first-order valence-corrected chi connectivity index (χ1v) is 12.8. The Morgan fingerprint density at radius 2 is 1.59 bits per heavy atom. The zero-order valence-corrected chi connectivity index (χ0v) is 21.9. The zero-order chi connectivity index (χ0) is 27.1. The molecule has 1 unspecified atom stereocenters. The van der Waals surface area contributed by atoms with Gasteiger partial charge in [-0.3, -0.25) is 14.5 Å². The van der Waals surface area contributed by atoms with Crippen molar-refractivity contribution in [1.29, 1.82) is 0 Å². The predicted molar refractivity (Wildman–Crippen MR) is 151 cm³/mol. The maximum absolute atomic E-state index is 13.9. The third-order valence-corrected chi connectivity index (χ3v) is 7.29.